The predicted molar refractivity (Wildman–Crippen MR) is 107 cm³/mol. The van der Waals surface area contributed by atoms with Gasteiger partial charge < -0.3 is 15.0 Å². The molecule has 0 fully saturated rings. The Morgan fingerprint density at radius 2 is 1.65 bits per heavy atom. The maximum Gasteiger partial charge on any atom is 0.141 e. The van der Waals surface area contributed by atoms with Crippen LogP contribution in [0.2, 0.25) is 5.02 Å². The zero-order valence-corrected chi connectivity index (χ0v) is 14.9. The molecule has 0 bridgehead atoms. The van der Waals surface area contributed by atoms with Gasteiger partial charge in [0.05, 0.1) is 17.6 Å². The van der Waals surface area contributed by atoms with Crippen molar-refractivity contribution in [2.45, 2.75) is 6.54 Å². The fraction of sp³-hybridized carbons (Fsp3) is 0.0952. The van der Waals surface area contributed by atoms with Crippen LogP contribution in [0.4, 0.5) is 5.69 Å². The lowest BCUT2D eigenvalue weighted by atomic mass is 10.2. The van der Waals surface area contributed by atoms with Crippen molar-refractivity contribution in [3.05, 3.63) is 77.8 Å². The van der Waals surface area contributed by atoms with E-state index in [2.05, 4.69) is 10.6 Å². The van der Waals surface area contributed by atoms with Gasteiger partial charge in [-0.05, 0) is 60.7 Å². The van der Waals surface area contributed by atoms with Gasteiger partial charge in [0, 0.05) is 16.3 Å². The fourth-order valence-corrected chi connectivity index (χ4v) is 3.07. The monoisotopic (exact) mass is 363 g/mol. The first-order valence-electron chi connectivity index (χ1n) is 8.40. The van der Waals surface area contributed by atoms with Crippen molar-refractivity contribution in [3.63, 3.8) is 0 Å². The second-order valence-electron chi connectivity index (χ2n) is 6.00. The van der Waals surface area contributed by atoms with E-state index in [0.29, 0.717) is 18.2 Å². The van der Waals surface area contributed by atoms with Gasteiger partial charge in [0.25, 0.3) is 0 Å². The van der Waals surface area contributed by atoms with E-state index in [9.17, 15) is 0 Å². The zero-order chi connectivity index (χ0) is 17.9. The molecule has 130 valence electrons. The van der Waals surface area contributed by atoms with Gasteiger partial charge in [-0.15, -0.1) is 0 Å². The summed E-state index contributed by atoms with van der Waals surface area (Å²) in [6.45, 7) is 1.22. The van der Waals surface area contributed by atoms with E-state index in [-0.39, 0.29) is 0 Å². The lowest BCUT2D eigenvalue weighted by molar-refractivity contribution is 0.301. The highest BCUT2D eigenvalue weighted by Gasteiger charge is 2.12. The number of rotatable bonds is 5. The normalized spacial score (nSPS) is 11.0. The van der Waals surface area contributed by atoms with Crippen molar-refractivity contribution in [2.24, 2.45) is 0 Å². The number of nitrogens with zero attached hydrogens (tertiary/aromatic N) is 2. The van der Waals surface area contributed by atoms with E-state index in [1.54, 1.807) is 0 Å². The van der Waals surface area contributed by atoms with Crippen LogP contribution in [0.25, 0.3) is 22.4 Å². The van der Waals surface area contributed by atoms with Gasteiger partial charge in [-0.25, -0.2) is 4.98 Å². The molecule has 0 spiro atoms. The van der Waals surface area contributed by atoms with Gasteiger partial charge in [-0.2, -0.15) is 0 Å². The number of hydrogen-bond acceptors (Lipinski definition) is 3. The topological polar surface area (TPSA) is 53.1 Å². The van der Waals surface area contributed by atoms with E-state index in [1.807, 2.05) is 66.7 Å². The number of para-hydroxylation sites is 2. The summed E-state index contributed by atoms with van der Waals surface area (Å²) in [6, 6.07) is 23.3. The Hall–Kier alpha value is -2.98. The molecule has 4 rings (SSSR count). The van der Waals surface area contributed by atoms with Crippen LogP contribution in [0.1, 0.15) is 0 Å². The summed E-state index contributed by atoms with van der Waals surface area (Å²) in [5.74, 6) is 1.71. The highest BCUT2D eigenvalue weighted by Crippen LogP contribution is 2.25. The minimum Gasteiger partial charge on any atom is -0.492 e. The van der Waals surface area contributed by atoms with E-state index in [0.717, 1.165) is 33.9 Å². The molecule has 0 aliphatic heterocycles. The lowest BCUT2D eigenvalue weighted by Crippen LogP contribution is -2.09. The maximum absolute atomic E-state index is 5.92. The molecule has 0 amide bonds. The quantitative estimate of drug-likeness (QED) is 0.506. The van der Waals surface area contributed by atoms with Crippen molar-refractivity contribution < 1.29 is 4.74 Å². The number of fused-ring (bicyclic) bond motifs is 1. The number of ether oxygens (including phenoxy) is 1. The first-order valence-corrected chi connectivity index (χ1v) is 8.78. The van der Waals surface area contributed by atoms with Crippen molar-refractivity contribution >= 4 is 28.3 Å². The number of benzene rings is 3. The van der Waals surface area contributed by atoms with Gasteiger partial charge in [0.1, 0.15) is 18.2 Å². The summed E-state index contributed by atoms with van der Waals surface area (Å²) < 4.78 is 8.04. The molecule has 4 aromatic rings. The molecule has 26 heavy (non-hydrogen) atoms. The Labute approximate surface area is 156 Å². The van der Waals surface area contributed by atoms with Crippen LogP contribution < -0.4 is 10.5 Å². The number of hydrogen-bond donors (Lipinski definition) is 1. The largest absolute Gasteiger partial charge is 0.492 e. The number of halogens is 1. The van der Waals surface area contributed by atoms with E-state index >= 15 is 0 Å². The SMILES string of the molecule is Nc1ccc(-c2nc3ccccc3n2CCOc2ccc(Cl)cc2)cc1. The van der Waals surface area contributed by atoms with E-state index < -0.39 is 0 Å². The zero-order valence-electron chi connectivity index (χ0n) is 14.1. The molecule has 0 saturated carbocycles. The fourth-order valence-electron chi connectivity index (χ4n) is 2.94. The first-order chi connectivity index (χ1) is 12.7. The molecule has 0 radical (unpaired) electrons. The Morgan fingerprint density at radius 1 is 0.923 bits per heavy atom. The van der Waals surface area contributed by atoms with Crippen LogP contribution in [0, 0.1) is 0 Å². The molecule has 4 nitrogen and oxygen atoms in total. The van der Waals surface area contributed by atoms with Crippen LogP contribution in [0.15, 0.2) is 72.8 Å². The number of nitrogen functional groups attached to an aromatic ring is 1. The lowest BCUT2D eigenvalue weighted by Gasteiger charge is -2.11. The van der Waals surface area contributed by atoms with Gasteiger partial charge in [0.15, 0.2) is 0 Å². The highest BCUT2D eigenvalue weighted by molar-refractivity contribution is 6.30. The molecular weight excluding hydrogens is 346 g/mol. The van der Waals surface area contributed by atoms with Crippen LogP contribution in [-0.4, -0.2) is 16.2 Å². The number of aromatic nitrogens is 2. The maximum atomic E-state index is 5.92. The Balaban J connectivity index is 1.63. The highest BCUT2D eigenvalue weighted by atomic mass is 35.5. The summed E-state index contributed by atoms with van der Waals surface area (Å²) >= 11 is 5.92. The van der Waals surface area contributed by atoms with Crippen LogP contribution in [0.3, 0.4) is 0 Å². The molecule has 2 N–H and O–H groups in total. The molecule has 0 unspecified atom stereocenters. The smallest absolute Gasteiger partial charge is 0.141 e. The number of anilines is 1. The van der Waals surface area contributed by atoms with Gasteiger partial charge in [0.2, 0.25) is 0 Å². The number of imidazole rings is 1. The van der Waals surface area contributed by atoms with Gasteiger partial charge in [-0.3, -0.25) is 0 Å². The molecule has 0 atom stereocenters. The van der Waals surface area contributed by atoms with Crippen molar-refractivity contribution in [1.82, 2.24) is 9.55 Å². The van der Waals surface area contributed by atoms with Crippen LogP contribution in [0.5, 0.6) is 5.75 Å². The number of nitrogens with two attached hydrogens (primary N) is 1. The first kappa shape index (κ1) is 16.5. The third-order valence-electron chi connectivity index (χ3n) is 4.22. The third kappa shape index (κ3) is 3.37. The van der Waals surface area contributed by atoms with Gasteiger partial charge in [-0.1, -0.05) is 23.7 Å². The molecule has 5 heteroatoms. The Kier molecular flexibility index (Phi) is 4.50. The molecule has 1 heterocycles. The minimum absolute atomic E-state index is 0.532. The second-order valence-corrected chi connectivity index (χ2v) is 6.44. The second kappa shape index (κ2) is 7.10. The predicted octanol–water partition coefficient (Wildman–Crippen LogP) is 5.02. The van der Waals surface area contributed by atoms with E-state index in [4.69, 9.17) is 27.1 Å². The third-order valence-corrected chi connectivity index (χ3v) is 4.47. The average molecular weight is 364 g/mol. The Bertz CT molecular complexity index is 1020. The minimum atomic E-state index is 0.532. The summed E-state index contributed by atoms with van der Waals surface area (Å²) in [6.07, 6.45) is 0. The molecule has 0 saturated heterocycles. The van der Waals surface area contributed by atoms with Crippen LogP contribution >= 0.6 is 11.6 Å². The molecule has 1 aromatic heterocycles. The summed E-state index contributed by atoms with van der Waals surface area (Å²) in [7, 11) is 0. The average Bonchev–Trinajstić information content (AvgIpc) is 3.03. The van der Waals surface area contributed by atoms with Gasteiger partial charge >= 0.3 is 0 Å². The standard InChI is InChI=1S/C21H18ClN3O/c22-16-7-11-18(12-8-16)26-14-13-25-20-4-2-1-3-19(20)24-21(25)15-5-9-17(23)10-6-15/h1-12H,13-14,23H2. The summed E-state index contributed by atoms with van der Waals surface area (Å²) in [4.78, 5) is 4.80. The Morgan fingerprint density at radius 3 is 2.42 bits per heavy atom. The van der Waals surface area contributed by atoms with Crippen molar-refractivity contribution in [2.75, 3.05) is 12.3 Å². The molecule has 0 aliphatic rings. The van der Waals surface area contributed by atoms with E-state index in [1.165, 1.54) is 0 Å². The van der Waals surface area contributed by atoms with Crippen LogP contribution in [-0.2, 0) is 6.54 Å². The summed E-state index contributed by atoms with van der Waals surface area (Å²) in [5.41, 5.74) is 9.63. The molecule has 0 aliphatic carbocycles. The molecular formula is C21H18ClN3O. The van der Waals surface area contributed by atoms with Crippen molar-refractivity contribution in [3.8, 4) is 17.1 Å². The van der Waals surface area contributed by atoms with Crippen molar-refractivity contribution in [1.29, 1.82) is 0 Å². The molecule has 3 aromatic carbocycles. The summed E-state index contributed by atoms with van der Waals surface area (Å²) in [5, 5.41) is 0.698.